The summed E-state index contributed by atoms with van der Waals surface area (Å²) in [6.45, 7) is 3.63. The molecule has 1 N–H and O–H groups in total. The first-order valence-electron chi connectivity index (χ1n) is 6.53. The van der Waals surface area contributed by atoms with Crippen molar-refractivity contribution in [2.45, 2.75) is 32.4 Å². The molecule has 1 aliphatic carbocycles. The highest BCUT2D eigenvalue weighted by molar-refractivity contribution is 5.85. The van der Waals surface area contributed by atoms with Crippen LogP contribution in [0, 0.1) is 5.82 Å². The SMILES string of the molecule is CCN(Cc1ccc(/C=C/C(=O)O)cc1F)C1CC1. The fraction of sp³-hybridized carbons (Fsp3) is 0.400. The van der Waals surface area contributed by atoms with Gasteiger partial charge in [-0.1, -0.05) is 19.1 Å². The Hall–Kier alpha value is -1.68. The molecule has 1 fully saturated rings. The molecule has 1 saturated carbocycles. The van der Waals surface area contributed by atoms with Crippen molar-refractivity contribution in [1.29, 1.82) is 0 Å². The van der Waals surface area contributed by atoms with Gasteiger partial charge < -0.3 is 5.11 Å². The van der Waals surface area contributed by atoms with Gasteiger partial charge in [0.15, 0.2) is 0 Å². The first kappa shape index (κ1) is 13.7. The molecule has 0 amide bonds. The third-order valence-corrected chi connectivity index (χ3v) is 3.34. The van der Waals surface area contributed by atoms with E-state index >= 15 is 0 Å². The van der Waals surface area contributed by atoms with E-state index in [0.29, 0.717) is 23.7 Å². The van der Waals surface area contributed by atoms with E-state index in [1.807, 2.05) is 0 Å². The van der Waals surface area contributed by atoms with E-state index in [9.17, 15) is 9.18 Å². The van der Waals surface area contributed by atoms with Crippen molar-refractivity contribution < 1.29 is 14.3 Å². The summed E-state index contributed by atoms with van der Waals surface area (Å²) in [6.07, 6.45) is 4.81. The first-order valence-corrected chi connectivity index (χ1v) is 6.53. The summed E-state index contributed by atoms with van der Waals surface area (Å²) < 4.78 is 13.9. The van der Waals surface area contributed by atoms with Crippen molar-refractivity contribution in [2.75, 3.05) is 6.54 Å². The summed E-state index contributed by atoms with van der Waals surface area (Å²) in [5.41, 5.74) is 1.24. The highest BCUT2D eigenvalue weighted by Crippen LogP contribution is 2.28. The Morgan fingerprint density at radius 1 is 1.53 bits per heavy atom. The number of rotatable bonds is 6. The molecule has 0 heterocycles. The quantitative estimate of drug-likeness (QED) is 0.802. The van der Waals surface area contributed by atoms with Crippen LogP contribution in [0.2, 0.25) is 0 Å². The second-order valence-electron chi connectivity index (χ2n) is 4.82. The second-order valence-corrected chi connectivity index (χ2v) is 4.82. The number of aliphatic carboxylic acids is 1. The average molecular weight is 263 g/mol. The van der Waals surface area contributed by atoms with Crippen molar-refractivity contribution >= 4 is 12.0 Å². The minimum atomic E-state index is -1.03. The van der Waals surface area contributed by atoms with Crippen LogP contribution in [0.4, 0.5) is 4.39 Å². The molecule has 0 bridgehead atoms. The van der Waals surface area contributed by atoms with Crippen LogP contribution in [-0.2, 0) is 11.3 Å². The zero-order chi connectivity index (χ0) is 13.8. The Labute approximate surface area is 112 Å². The second kappa shape index (κ2) is 5.97. The van der Waals surface area contributed by atoms with Crippen LogP contribution >= 0.6 is 0 Å². The molecule has 0 spiro atoms. The minimum Gasteiger partial charge on any atom is -0.478 e. The molecular formula is C15H18FNO2. The lowest BCUT2D eigenvalue weighted by Gasteiger charge is -2.20. The van der Waals surface area contributed by atoms with Crippen molar-refractivity contribution in [3.63, 3.8) is 0 Å². The lowest BCUT2D eigenvalue weighted by atomic mass is 10.1. The zero-order valence-corrected chi connectivity index (χ0v) is 11.0. The van der Waals surface area contributed by atoms with E-state index in [0.717, 1.165) is 12.6 Å². The van der Waals surface area contributed by atoms with Gasteiger partial charge in [-0.05, 0) is 37.1 Å². The van der Waals surface area contributed by atoms with Crippen LogP contribution in [0.15, 0.2) is 24.3 Å². The van der Waals surface area contributed by atoms with Crippen LogP contribution in [-0.4, -0.2) is 28.6 Å². The molecule has 19 heavy (non-hydrogen) atoms. The van der Waals surface area contributed by atoms with E-state index in [2.05, 4.69) is 11.8 Å². The summed E-state index contributed by atoms with van der Waals surface area (Å²) in [5, 5.41) is 8.53. The number of carboxylic acids is 1. The third-order valence-electron chi connectivity index (χ3n) is 3.34. The van der Waals surface area contributed by atoms with Gasteiger partial charge in [0.05, 0.1) is 0 Å². The molecule has 0 saturated heterocycles. The summed E-state index contributed by atoms with van der Waals surface area (Å²) >= 11 is 0. The maximum absolute atomic E-state index is 13.9. The Morgan fingerprint density at radius 3 is 2.79 bits per heavy atom. The number of benzene rings is 1. The predicted molar refractivity (Wildman–Crippen MR) is 72.2 cm³/mol. The van der Waals surface area contributed by atoms with Gasteiger partial charge in [0, 0.05) is 24.2 Å². The van der Waals surface area contributed by atoms with Crippen molar-refractivity contribution in [3.05, 3.63) is 41.2 Å². The number of carboxylic acid groups (broad SMARTS) is 1. The molecule has 1 aromatic carbocycles. The van der Waals surface area contributed by atoms with Crippen LogP contribution < -0.4 is 0 Å². The summed E-state index contributed by atoms with van der Waals surface area (Å²) in [7, 11) is 0. The molecule has 1 aromatic rings. The minimum absolute atomic E-state index is 0.272. The largest absolute Gasteiger partial charge is 0.478 e. The molecule has 3 nitrogen and oxygen atoms in total. The predicted octanol–water partition coefficient (Wildman–Crippen LogP) is 2.91. The van der Waals surface area contributed by atoms with Gasteiger partial charge in [-0.15, -0.1) is 0 Å². The number of halogens is 1. The standard InChI is InChI=1S/C15H18FNO2/c1-2-17(13-6-7-13)10-12-5-3-11(9-14(12)16)4-8-15(18)19/h3-5,8-9,13H,2,6-7,10H2,1H3,(H,18,19)/b8-4+. The van der Waals surface area contributed by atoms with E-state index in [4.69, 9.17) is 5.11 Å². The van der Waals surface area contributed by atoms with E-state index in [1.54, 1.807) is 12.1 Å². The van der Waals surface area contributed by atoms with Crippen LogP contribution in [0.25, 0.3) is 6.08 Å². The van der Waals surface area contributed by atoms with Gasteiger partial charge in [0.1, 0.15) is 5.82 Å². The van der Waals surface area contributed by atoms with Gasteiger partial charge >= 0.3 is 5.97 Å². The zero-order valence-electron chi connectivity index (χ0n) is 11.0. The highest BCUT2D eigenvalue weighted by atomic mass is 19.1. The van der Waals surface area contributed by atoms with E-state index in [1.165, 1.54) is 25.0 Å². The molecule has 0 radical (unpaired) electrons. The Balaban J connectivity index is 2.07. The molecule has 1 aliphatic rings. The van der Waals surface area contributed by atoms with E-state index in [-0.39, 0.29) is 5.82 Å². The maximum Gasteiger partial charge on any atom is 0.328 e. The molecule has 0 aliphatic heterocycles. The Kier molecular flexibility index (Phi) is 4.32. The molecule has 4 heteroatoms. The Bertz CT molecular complexity index is 495. The van der Waals surface area contributed by atoms with Gasteiger partial charge in [-0.25, -0.2) is 9.18 Å². The summed E-state index contributed by atoms with van der Waals surface area (Å²) in [4.78, 5) is 12.7. The topological polar surface area (TPSA) is 40.5 Å². The summed E-state index contributed by atoms with van der Waals surface area (Å²) in [6, 6.07) is 5.48. The molecular weight excluding hydrogens is 245 g/mol. The monoisotopic (exact) mass is 263 g/mol. The average Bonchev–Trinajstić information content (AvgIpc) is 3.19. The molecule has 2 rings (SSSR count). The van der Waals surface area contributed by atoms with Crippen LogP contribution in [0.5, 0.6) is 0 Å². The van der Waals surface area contributed by atoms with Gasteiger partial charge in [0.2, 0.25) is 0 Å². The van der Waals surface area contributed by atoms with Crippen molar-refractivity contribution in [3.8, 4) is 0 Å². The van der Waals surface area contributed by atoms with Gasteiger partial charge in [-0.3, -0.25) is 4.90 Å². The molecule has 102 valence electrons. The Morgan fingerprint density at radius 2 is 2.26 bits per heavy atom. The lowest BCUT2D eigenvalue weighted by Crippen LogP contribution is -2.25. The normalized spacial score (nSPS) is 15.3. The smallest absolute Gasteiger partial charge is 0.328 e. The van der Waals surface area contributed by atoms with Gasteiger partial charge in [-0.2, -0.15) is 0 Å². The van der Waals surface area contributed by atoms with Gasteiger partial charge in [0.25, 0.3) is 0 Å². The number of nitrogens with zero attached hydrogens (tertiary/aromatic N) is 1. The van der Waals surface area contributed by atoms with Crippen LogP contribution in [0.1, 0.15) is 30.9 Å². The number of hydrogen-bond donors (Lipinski definition) is 1. The van der Waals surface area contributed by atoms with Crippen molar-refractivity contribution in [2.24, 2.45) is 0 Å². The summed E-state index contributed by atoms with van der Waals surface area (Å²) in [5.74, 6) is -1.30. The fourth-order valence-corrected chi connectivity index (χ4v) is 2.12. The first-order chi connectivity index (χ1) is 9.10. The number of carbonyl (C=O) groups is 1. The number of hydrogen-bond acceptors (Lipinski definition) is 2. The molecule has 0 atom stereocenters. The fourth-order valence-electron chi connectivity index (χ4n) is 2.12. The van der Waals surface area contributed by atoms with Crippen molar-refractivity contribution in [1.82, 2.24) is 4.90 Å². The molecule has 0 unspecified atom stereocenters. The maximum atomic E-state index is 13.9. The van der Waals surface area contributed by atoms with Crippen LogP contribution in [0.3, 0.4) is 0 Å². The lowest BCUT2D eigenvalue weighted by molar-refractivity contribution is -0.131. The van der Waals surface area contributed by atoms with E-state index < -0.39 is 5.97 Å². The third kappa shape index (κ3) is 3.89. The molecule has 0 aromatic heterocycles. The highest BCUT2D eigenvalue weighted by Gasteiger charge is 2.28.